The lowest BCUT2D eigenvalue weighted by molar-refractivity contribution is 0.590. The monoisotopic (exact) mass is 424 g/mol. The second-order valence-corrected chi connectivity index (χ2v) is 7.30. The summed E-state index contributed by atoms with van der Waals surface area (Å²) < 4.78 is 28.0. The minimum Gasteiger partial charge on any atom is -0.322 e. The predicted octanol–water partition coefficient (Wildman–Crippen LogP) is 5.74. The molecule has 0 atom stereocenters. The zero-order chi connectivity index (χ0) is 21.7. The fourth-order valence-corrected chi connectivity index (χ4v) is 3.83. The highest BCUT2D eigenvalue weighted by Crippen LogP contribution is 2.32. The molecule has 3 aromatic heterocycles. The van der Waals surface area contributed by atoms with Crippen molar-refractivity contribution in [3.8, 4) is 11.5 Å². The number of nitrogens with zero attached hydrogens (tertiary/aromatic N) is 4. The third-order valence-corrected chi connectivity index (χ3v) is 5.32. The van der Waals surface area contributed by atoms with Crippen LogP contribution in [0.5, 0.6) is 0 Å². The molecule has 3 aromatic carbocycles. The molecule has 0 bridgehead atoms. The van der Waals surface area contributed by atoms with Crippen LogP contribution in [0.15, 0.2) is 72.9 Å². The fraction of sp³-hybridized carbons (Fsp3) is 0. The number of H-pyrrole nitrogens is 1. The zero-order valence-electron chi connectivity index (χ0n) is 16.5. The normalized spacial score (nSPS) is 11.4. The van der Waals surface area contributed by atoms with Crippen molar-refractivity contribution < 1.29 is 8.78 Å². The highest BCUT2D eigenvalue weighted by atomic mass is 19.1. The van der Waals surface area contributed by atoms with Crippen LogP contribution in [-0.2, 0) is 0 Å². The molecule has 0 amide bonds. The minimum atomic E-state index is -0.714. The molecule has 0 aliphatic carbocycles. The average molecular weight is 424 g/mol. The number of para-hydroxylation sites is 1. The van der Waals surface area contributed by atoms with Gasteiger partial charge in [0.1, 0.15) is 22.8 Å². The number of anilines is 2. The molecule has 0 unspecified atom stereocenters. The van der Waals surface area contributed by atoms with Gasteiger partial charge in [-0.1, -0.05) is 36.4 Å². The molecular weight excluding hydrogens is 410 g/mol. The van der Waals surface area contributed by atoms with Crippen molar-refractivity contribution in [3.63, 3.8) is 0 Å². The van der Waals surface area contributed by atoms with Gasteiger partial charge in [0.25, 0.3) is 0 Å². The number of hydrogen-bond donors (Lipinski definition) is 2. The SMILES string of the molecule is Fc1cc(F)c2[nH]nc(Nc3nc(-c4nccc5ccccc45)nc4ccccc34)c2c1. The second kappa shape index (κ2) is 7.05. The van der Waals surface area contributed by atoms with E-state index in [-0.39, 0.29) is 16.7 Å². The third-order valence-electron chi connectivity index (χ3n) is 5.32. The molecule has 6 rings (SSSR count). The molecule has 0 spiro atoms. The van der Waals surface area contributed by atoms with Crippen molar-refractivity contribution in [2.24, 2.45) is 0 Å². The molecule has 0 fully saturated rings. The van der Waals surface area contributed by atoms with E-state index in [0.717, 1.165) is 22.2 Å². The largest absolute Gasteiger partial charge is 0.322 e. The first-order valence-electron chi connectivity index (χ1n) is 9.88. The third kappa shape index (κ3) is 2.92. The molecule has 154 valence electrons. The van der Waals surface area contributed by atoms with Crippen molar-refractivity contribution in [1.82, 2.24) is 25.1 Å². The highest BCUT2D eigenvalue weighted by molar-refractivity contribution is 5.98. The van der Waals surface area contributed by atoms with Gasteiger partial charge in [-0.15, -0.1) is 0 Å². The number of nitrogens with one attached hydrogen (secondary N) is 2. The van der Waals surface area contributed by atoms with Gasteiger partial charge in [0.05, 0.1) is 10.9 Å². The van der Waals surface area contributed by atoms with Gasteiger partial charge in [-0.3, -0.25) is 10.1 Å². The summed E-state index contributed by atoms with van der Waals surface area (Å²) in [6.07, 6.45) is 1.72. The van der Waals surface area contributed by atoms with Gasteiger partial charge in [0.2, 0.25) is 0 Å². The topological polar surface area (TPSA) is 79.4 Å². The van der Waals surface area contributed by atoms with Crippen molar-refractivity contribution in [3.05, 3.63) is 84.6 Å². The number of hydrogen-bond acceptors (Lipinski definition) is 5. The van der Waals surface area contributed by atoms with Crippen LogP contribution in [0.2, 0.25) is 0 Å². The summed E-state index contributed by atoms with van der Waals surface area (Å²) in [7, 11) is 0. The maximum absolute atomic E-state index is 14.1. The van der Waals surface area contributed by atoms with E-state index in [4.69, 9.17) is 9.97 Å². The Kier molecular flexibility index (Phi) is 4.04. The number of aromatic amines is 1. The zero-order valence-corrected chi connectivity index (χ0v) is 16.5. The van der Waals surface area contributed by atoms with Crippen molar-refractivity contribution >= 4 is 44.2 Å². The van der Waals surface area contributed by atoms with Crippen molar-refractivity contribution in [2.75, 3.05) is 5.32 Å². The molecule has 0 aliphatic rings. The van der Waals surface area contributed by atoms with Gasteiger partial charge in [-0.2, -0.15) is 5.10 Å². The van der Waals surface area contributed by atoms with Crippen molar-refractivity contribution in [2.45, 2.75) is 0 Å². The molecule has 32 heavy (non-hydrogen) atoms. The molecule has 0 aliphatic heterocycles. The Morgan fingerprint density at radius 3 is 2.50 bits per heavy atom. The van der Waals surface area contributed by atoms with E-state index < -0.39 is 11.6 Å². The Morgan fingerprint density at radius 2 is 1.59 bits per heavy atom. The maximum Gasteiger partial charge on any atom is 0.181 e. The number of pyridine rings is 1. The molecule has 8 heteroatoms. The quantitative estimate of drug-likeness (QED) is 0.379. The molecule has 6 nitrogen and oxygen atoms in total. The van der Waals surface area contributed by atoms with E-state index in [1.54, 1.807) is 6.20 Å². The van der Waals surface area contributed by atoms with E-state index in [1.807, 2.05) is 54.6 Å². The summed E-state index contributed by atoms with van der Waals surface area (Å²) in [6, 6.07) is 19.3. The van der Waals surface area contributed by atoms with Crippen LogP contribution < -0.4 is 5.32 Å². The second-order valence-electron chi connectivity index (χ2n) is 7.30. The van der Waals surface area contributed by atoms with Crippen molar-refractivity contribution in [1.29, 1.82) is 0 Å². The van der Waals surface area contributed by atoms with Gasteiger partial charge in [0, 0.05) is 23.0 Å². The lowest BCUT2D eigenvalue weighted by atomic mass is 10.1. The number of halogens is 2. The first kappa shape index (κ1) is 18.3. The highest BCUT2D eigenvalue weighted by Gasteiger charge is 2.16. The van der Waals surface area contributed by atoms with Crippen LogP contribution in [0.3, 0.4) is 0 Å². The van der Waals surface area contributed by atoms with Crippen LogP contribution in [0.25, 0.3) is 44.1 Å². The van der Waals surface area contributed by atoms with Crippen LogP contribution in [0.1, 0.15) is 0 Å². The molecular formula is C24H14F2N6. The van der Waals surface area contributed by atoms with Gasteiger partial charge >= 0.3 is 0 Å². The summed E-state index contributed by atoms with van der Waals surface area (Å²) in [6.45, 7) is 0. The molecule has 6 aromatic rings. The van der Waals surface area contributed by atoms with E-state index in [9.17, 15) is 8.78 Å². The lowest BCUT2D eigenvalue weighted by Gasteiger charge is -2.11. The van der Waals surface area contributed by atoms with E-state index in [2.05, 4.69) is 20.5 Å². The summed E-state index contributed by atoms with van der Waals surface area (Å²) in [5.74, 6) is -0.251. The molecule has 3 heterocycles. The Balaban J connectivity index is 1.56. The summed E-state index contributed by atoms with van der Waals surface area (Å²) in [5.41, 5.74) is 1.45. The summed E-state index contributed by atoms with van der Waals surface area (Å²) in [5, 5.41) is 12.8. The van der Waals surface area contributed by atoms with E-state index in [0.29, 0.717) is 22.9 Å². The van der Waals surface area contributed by atoms with Gasteiger partial charge < -0.3 is 5.32 Å². The summed E-state index contributed by atoms with van der Waals surface area (Å²) >= 11 is 0. The molecule has 2 N–H and O–H groups in total. The lowest BCUT2D eigenvalue weighted by Crippen LogP contribution is -2.01. The fourth-order valence-electron chi connectivity index (χ4n) is 3.83. The summed E-state index contributed by atoms with van der Waals surface area (Å²) in [4.78, 5) is 14.0. The van der Waals surface area contributed by atoms with Gasteiger partial charge in [-0.05, 0) is 29.7 Å². The molecule has 0 saturated heterocycles. The number of benzene rings is 3. The Bertz CT molecular complexity index is 1640. The Hall–Kier alpha value is -4.46. The minimum absolute atomic E-state index is 0.114. The Labute approximate surface area is 180 Å². The first-order chi connectivity index (χ1) is 15.7. The van der Waals surface area contributed by atoms with E-state index >= 15 is 0 Å². The molecule has 0 saturated carbocycles. The number of fused-ring (bicyclic) bond motifs is 3. The Morgan fingerprint density at radius 1 is 0.781 bits per heavy atom. The van der Waals surface area contributed by atoms with Gasteiger partial charge in [0.15, 0.2) is 17.5 Å². The first-order valence-corrected chi connectivity index (χ1v) is 9.88. The smallest absolute Gasteiger partial charge is 0.181 e. The van der Waals surface area contributed by atoms with Crippen LogP contribution in [0, 0.1) is 11.6 Å². The van der Waals surface area contributed by atoms with Crippen LogP contribution in [0.4, 0.5) is 20.4 Å². The average Bonchev–Trinajstić information content (AvgIpc) is 3.21. The predicted molar refractivity (Wildman–Crippen MR) is 120 cm³/mol. The maximum atomic E-state index is 14.1. The van der Waals surface area contributed by atoms with Crippen LogP contribution in [-0.4, -0.2) is 25.1 Å². The van der Waals surface area contributed by atoms with Gasteiger partial charge in [-0.25, -0.2) is 18.7 Å². The standard InChI is InChI=1S/C24H14F2N6/c25-14-11-17-20(18(26)12-14)31-32-23(17)29-22-16-7-3-4-8-19(16)28-24(30-22)21-15-6-2-1-5-13(15)9-10-27-21/h1-12H,(H2,28,29,30,31,32). The van der Waals surface area contributed by atoms with E-state index in [1.165, 1.54) is 6.07 Å². The number of aromatic nitrogens is 5. The molecule has 0 radical (unpaired) electrons. The van der Waals surface area contributed by atoms with Crippen LogP contribution >= 0.6 is 0 Å². The number of rotatable bonds is 3.